The highest BCUT2D eigenvalue weighted by molar-refractivity contribution is 5.81. The van der Waals surface area contributed by atoms with Gasteiger partial charge in [0.2, 0.25) is 0 Å². The first kappa shape index (κ1) is 11.5. The van der Waals surface area contributed by atoms with Crippen LogP contribution in [0.1, 0.15) is 26.2 Å². The average Bonchev–Trinajstić information content (AvgIpc) is 2.98. The number of nitrogens with zero attached hydrogens (tertiary/aromatic N) is 1. The number of hydrogen-bond donors (Lipinski definition) is 3. The molecule has 0 spiro atoms. The first-order chi connectivity index (χ1) is 8.81. The number of nitrogens with one attached hydrogen (secondary N) is 3. The van der Waals surface area contributed by atoms with E-state index in [-0.39, 0.29) is 0 Å². The number of aromatic nitrogens is 2. The van der Waals surface area contributed by atoms with Gasteiger partial charge in [-0.05, 0) is 50.9 Å². The minimum Gasteiger partial charge on any atom is -0.383 e. The van der Waals surface area contributed by atoms with E-state index in [1.165, 1.54) is 31.5 Å². The minimum absolute atomic E-state index is 0.491. The van der Waals surface area contributed by atoms with Crippen molar-refractivity contribution in [2.24, 2.45) is 0 Å². The summed E-state index contributed by atoms with van der Waals surface area (Å²) in [5.41, 5.74) is 2.26. The van der Waals surface area contributed by atoms with Gasteiger partial charge >= 0.3 is 0 Å². The Hall–Kier alpha value is -1.55. The lowest BCUT2D eigenvalue weighted by molar-refractivity contribution is 0.523. The lowest BCUT2D eigenvalue weighted by atomic mass is 10.1. The third-order valence-electron chi connectivity index (χ3n) is 3.65. The third-order valence-corrected chi connectivity index (χ3v) is 3.65. The number of anilines is 1. The van der Waals surface area contributed by atoms with E-state index in [0.717, 1.165) is 10.9 Å². The highest BCUT2D eigenvalue weighted by atomic mass is 15.1. The number of benzene rings is 1. The molecule has 1 saturated heterocycles. The topological polar surface area (TPSA) is 52.7 Å². The molecule has 2 atom stereocenters. The van der Waals surface area contributed by atoms with E-state index in [9.17, 15) is 0 Å². The molecular formula is C14H20N4. The van der Waals surface area contributed by atoms with Crippen molar-refractivity contribution in [3.05, 3.63) is 24.4 Å². The number of fused-ring (bicyclic) bond motifs is 1. The molecule has 18 heavy (non-hydrogen) atoms. The Balaban J connectivity index is 1.63. The summed E-state index contributed by atoms with van der Waals surface area (Å²) in [6.07, 6.45) is 5.68. The predicted octanol–water partition coefficient (Wildman–Crippen LogP) is 2.51. The maximum absolute atomic E-state index is 4.04. The summed E-state index contributed by atoms with van der Waals surface area (Å²) >= 11 is 0. The summed E-state index contributed by atoms with van der Waals surface area (Å²) < 4.78 is 0. The van der Waals surface area contributed by atoms with Gasteiger partial charge in [0.05, 0.1) is 11.7 Å². The third kappa shape index (κ3) is 2.48. The summed E-state index contributed by atoms with van der Waals surface area (Å²) in [5, 5.41) is 15.3. The van der Waals surface area contributed by atoms with Crippen LogP contribution in [-0.2, 0) is 0 Å². The molecule has 0 radical (unpaired) electrons. The van der Waals surface area contributed by atoms with Crippen LogP contribution in [0.2, 0.25) is 0 Å². The molecule has 4 heteroatoms. The Morgan fingerprint density at radius 2 is 2.44 bits per heavy atom. The van der Waals surface area contributed by atoms with Crippen LogP contribution in [0.4, 0.5) is 5.69 Å². The smallest absolute Gasteiger partial charge is 0.0651 e. The molecule has 2 unspecified atom stereocenters. The van der Waals surface area contributed by atoms with E-state index in [1.54, 1.807) is 0 Å². The van der Waals surface area contributed by atoms with Crippen molar-refractivity contribution in [3.63, 3.8) is 0 Å². The van der Waals surface area contributed by atoms with Gasteiger partial charge in [0.1, 0.15) is 0 Å². The zero-order valence-corrected chi connectivity index (χ0v) is 10.7. The van der Waals surface area contributed by atoms with E-state index in [2.05, 4.69) is 46.0 Å². The van der Waals surface area contributed by atoms with Gasteiger partial charge in [-0.25, -0.2) is 0 Å². The molecule has 2 heterocycles. The van der Waals surface area contributed by atoms with Gasteiger partial charge in [-0.3, -0.25) is 5.10 Å². The lowest BCUT2D eigenvalue weighted by Crippen LogP contribution is -2.29. The van der Waals surface area contributed by atoms with Gasteiger partial charge in [0.25, 0.3) is 0 Å². The zero-order chi connectivity index (χ0) is 12.4. The lowest BCUT2D eigenvalue weighted by Gasteiger charge is -2.19. The molecule has 4 nitrogen and oxygen atoms in total. The molecule has 1 aliphatic rings. The number of rotatable bonds is 4. The van der Waals surface area contributed by atoms with Crippen LogP contribution in [0.5, 0.6) is 0 Å². The fourth-order valence-corrected chi connectivity index (χ4v) is 2.76. The molecule has 96 valence electrons. The van der Waals surface area contributed by atoms with E-state index in [4.69, 9.17) is 0 Å². The number of H-pyrrole nitrogens is 1. The first-order valence-electron chi connectivity index (χ1n) is 6.74. The standard InChI is InChI=1S/C14H20N4/c1-10(7-12-3-2-6-15-12)17-13-4-5-14-11(8-13)9-16-18-14/h4-5,8-10,12,15,17H,2-3,6-7H2,1H3,(H,16,18). The number of hydrogen-bond acceptors (Lipinski definition) is 3. The Kier molecular flexibility index (Phi) is 3.19. The predicted molar refractivity (Wildman–Crippen MR) is 74.8 cm³/mol. The van der Waals surface area contributed by atoms with E-state index >= 15 is 0 Å². The Morgan fingerprint density at radius 1 is 1.50 bits per heavy atom. The van der Waals surface area contributed by atoms with Gasteiger partial charge in [-0.2, -0.15) is 5.10 Å². The quantitative estimate of drug-likeness (QED) is 0.774. The molecule has 2 aromatic rings. The van der Waals surface area contributed by atoms with Crippen molar-refractivity contribution >= 4 is 16.6 Å². The van der Waals surface area contributed by atoms with E-state index in [1.807, 2.05) is 6.20 Å². The van der Waals surface area contributed by atoms with Crippen LogP contribution in [0.3, 0.4) is 0 Å². The second-order valence-electron chi connectivity index (χ2n) is 5.25. The fourth-order valence-electron chi connectivity index (χ4n) is 2.76. The highest BCUT2D eigenvalue weighted by Crippen LogP contribution is 2.19. The molecule has 0 aliphatic carbocycles. The Bertz CT molecular complexity index is 513. The highest BCUT2D eigenvalue weighted by Gasteiger charge is 2.16. The van der Waals surface area contributed by atoms with Crippen LogP contribution < -0.4 is 10.6 Å². The van der Waals surface area contributed by atoms with Crippen LogP contribution in [0.25, 0.3) is 10.9 Å². The van der Waals surface area contributed by atoms with Crippen molar-refractivity contribution < 1.29 is 0 Å². The molecule has 0 amide bonds. The molecule has 1 aliphatic heterocycles. The average molecular weight is 244 g/mol. The summed E-state index contributed by atoms with van der Waals surface area (Å²) in [4.78, 5) is 0. The van der Waals surface area contributed by atoms with Crippen LogP contribution in [0, 0.1) is 0 Å². The molecule has 3 N–H and O–H groups in total. The second kappa shape index (κ2) is 4.98. The minimum atomic E-state index is 0.491. The van der Waals surface area contributed by atoms with Gasteiger partial charge in [-0.1, -0.05) is 0 Å². The molecule has 3 rings (SSSR count). The van der Waals surface area contributed by atoms with Crippen molar-refractivity contribution in [2.75, 3.05) is 11.9 Å². The van der Waals surface area contributed by atoms with Crippen LogP contribution >= 0.6 is 0 Å². The van der Waals surface area contributed by atoms with Crippen molar-refractivity contribution in [2.45, 2.75) is 38.3 Å². The molecule has 1 aromatic carbocycles. The largest absolute Gasteiger partial charge is 0.383 e. The normalized spacial score (nSPS) is 21.3. The zero-order valence-electron chi connectivity index (χ0n) is 10.7. The fraction of sp³-hybridized carbons (Fsp3) is 0.500. The van der Waals surface area contributed by atoms with Crippen molar-refractivity contribution in [1.82, 2.24) is 15.5 Å². The van der Waals surface area contributed by atoms with Crippen molar-refractivity contribution in [3.8, 4) is 0 Å². The summed E-state index contributed by atoms with van der Waals surface area (Å²) in [5.74, 6) is 0. The summed E-state index contributed by atoms with van der Waals surface area (Å²) in [6, 6.07) is 7.51. The number of aromatic amines is 1. The van der Waals surface area contributed by atoms with Crippen molar-refractivity contribution in [1.29, 1.82) is 0 Å². The van der Waals surface area contributed by atoms with E-state index in [0.29, 0.717) is 12.1 Å². The SMILES string of the molecule is CC(CC1CCCN1)Nc1ccc2[nH]ncc2c1. The van der Waals surface area contributed by atoms with Crippen LogP contribution in [0.15, 0.2) is 24.4 Å². The maximum Gasteiger partial charge on any atom is 0.0651 e. The second-order valence-corrected chi connectivity index (χ2v) is 5.25. The summed E-state index contributed by atoms with van der Waals surface area (Å²) in [6.45, 7) is 3.43. The van der Waals surface area contributed by atoms with Crippen LogP contribution in [-0.4, -0.2) is 28.8 Å². The molecule has 1 fully saturated rings. The molecule has 1 aromatic heterocycles. The molecular weight excluding hydrogens is 224 g/mol. The van der Waals surface area contributed by atoms with Gasteiger partial charge in [-0.15, -0.1) is 0 Å². The van der Waals surface area contributed by atoms with E-state index < -0.39 is 0 Å². The Labute approximate surface area is 107 Å². The Morgan fingerprint density at radius 3 is 3.28 bits per heavy atom. The molecule has 0 saturated carbocycles. The first-order valence-corrected chi connectivity index (χ1v) is 6.74. The van der Waals surface area contributed by atoms with Gasteiger partial charge in [0.15, 0.2) is 0 Å². The maximum atomic E-state index is 4.04. The molecule has 0 bridgehead atoms. The monoisotopic (exact) mass is 244 g/mol. The van der Waals surface area contributed by atoms with Gasteiger partial charge in [0, 0.05) is 23.2 Å². The summed E-state index contributed by atoms with van der Waals surface area (Å²) in [7, 11) is 0. The van der Waals surface area contributed by atoms with Gasteiger partial charge < -0.3 is 10.6 Å².